The maximum Gasteiger partial charge on any atom is 0.201 e. The molecule has 1 aromatic carbocycles. The SMILES string of the molecule is Cl.NCCOCCn1cc(CCOc2c(-c3csc(N4CCOCC4)n3)ccc(F)c2F)nn1. The molecule has 1 saturated heterocycles. The van der Waals surface area contributed by atoms with Crippen molar-refractivity contribution < 1.29 is 23.0 Å². The second-order valence-electron chi connectivity index (χ2n) is 7.33. The number of ether oxygens (including phenoxy) is 3. The van der Waals surface area contributed by atoms with E-state index < -0.39 is 11.6 Å². The topological polar surface area (TPSA) is 101 Å². The number of rotatable bonds is 11. The normalized spacial score (nSPS) is 13.7. The van der Waals surface area contributed by atoms with E-state index in [2.05, 4.69) is 20.2 Å². The highest BCUT2D eigenvalue weighted by molar-refractivity contribution is 7.14. The summed E-state index contributed by atoms with van der Waals surface area (Å²) < 4.78 is 46.6. The van der Waals surface area contributed by atoms with Crippen LogP contribution in [0.3, 0.4) is 0 Å². The third kappa shape index (κ3) is 6.60. The lowest BCUT2D eigenvalue weighted by atomic mass is 10.1. The fourth-order valence-electron chi connectivity index (χ4n) is 3.33. The second kappa shape index (κ2) is 12.9. The molecule has 3 aromatic rings. The average molecular weight is 517 g/mol. The summed E-state index contributed by atoms with van der Waals surface area (Å²) in [6, 6.07) is 2.58. The molecule has 0 aliphatic carbocycles. The summed E-state index contributed by atoms with van der Waals surface area (Å²) in [7, 11) is 0. The van der Waals surface area contributed by atoms with Crippen molar-refractivity contribution in [2.45, 2.75) is 13.0 Å². The van der Waals surface area contributed by atoms with E-state index in [0.29, 0.717) is 62.9 Å². The Hall–Kier alpha value is -2.38. The molecule has 1 fully saturated rings. The van der Waals surface area contributed by atoms with Crippen LogP contribution in [0.5, 0.6) is 5.75 Å². The predicted molar refractivity (Wildman–Crippen MR) is 127 cm³/mol. The molecule has 0 saturated carbocycles. The molecule has 3 heterocycles. The first-order valence-corrected chi connectivity index (χ1v) is 11.6. The van der Waals surface area contributed by atoms with Gasteiger partial charge in [-0.2, -0.15) is 4.39 Å². The molecular formula is C21H27ClF2N6O3S. The van der Waals surface area contributed by atoms with Crippen molar-refractivity contribution in [2.24, 2.45) is 5.73 Å². The molecule has 0 spiro atoms. The molecule has 13 heteroatoms. The zero-order valence-corrected chi connectivity index (χ0v) is 20.1. The molecule has 0 bridgehead atoms. The first-order chi connectivity index (χ1) is 16.2. The Balaban J connectivity index is 0.00000324. The molecule has 1 aliphatic rings. The van der Waals surface area contributed by atoms with Gasteiger partial charge in [0.1, 0.15) is 0 Å². The zero-order valence-electron chi connectivity index (χ0n) is 18.5. The maximum atomic E-state index is 14.6. The van der Waals surface area contributed by atoms with Gasteiger partial charge in [-0.25, -0.2) is 14.1 Å². The van der Waals surface area contributed by atoms with E-state index in [-0.39, 0.29) is 24.8 Å². The molecule has 0 unspecified atom stereocenters. The van der Waals surface area contributed by atoms with Crippen LogP contribution in [-0.4, -0.2) is 72.6 Å². The van der Waals surface area contributed by atoms with Gasteiger partial charge >= 0.3 is 0 Å². The van der Waals surface area contributed by atoms with Gasteiger partial charge in [0.25, 0.3) is 0 Å². The van der Waals surface area contributed by atoms with Crippen LogP contribution in [0, 0.1) is 11.6 Å². The van der Waals surface area contributed by atoms with E-state index in [1.165, 1.54) is 17.4 Å². The molecule has 34 heavy (non-hydrogen) atoms. The minimum atomic E-state index is -1.03. The van der Waals surface area contributed by atoms with Gasteiger partial charge in [-0.05, 0) is 12.1 Å². The van der Waals surface area contributed by atoms with Crippen LogP contribution in [0.1, 0.15) is 5.69 Å². The molecule has 2 N–H and O–H groups in total. The van der Waals surface area contributed by atoms with Crippen molar-refractivity contribution in [1.82, 2.24) is 20.0 Å². The van der Waals surface area contributed by atoms with Crippen LogP contribution >= 0.6 is 23.7 Å². The lowest BCUT2D eigenvalue weighted by molar-refractivity contribution is 0.122. The Kier molecular flexibility index (Phi) is 9.96. The summed E-state index contributed by atoms with van der Waals surface area (Å²) >= 11 is 1.45. The number of benzene rings is 1. The number of thiazole rings is 1. The van der Waals surface area contributed by atoms with E-state index >= 15 is 0 Å². The van der Waals surface area contributed by atoms with Gasteiger partial charge in [-0.3, -0.25) is 0 Å². The second-order valence-corrected chi connectivity index (χ2v) is 8.16. The van der Waals surface area contributed by atoms with Crippen LogP contribution in [-0.2, 0) is 22.4 Å². The Morgan fingerprint density at radius 2 is 1.97 bits per heavy atom. The van der Waals surface area contributed by atoms with Gasteiger partial charge in [0.15, 0.2) is 16.7 Å². The summed E-state index contributed by atoms with van der Waals surface area (Å²) in [5.74, 6) is -2.16. The third-order valence-electron chi connectivity index (χ3n) is 5.02. The molecule has 0 atom stereocenters. The molecule has 0 amide bonds. The van der Waals surface area contributed by atoms with E-state index in [4.69, 9.17) is 19.9 Å². The number of hydrogen-bond acceptors (Lipinski definition) is 9. The summed E-state index contributed by atoms with van der Waals surface area (Å²) in [5.41, 5.74) is 7.01. The van der Waals surface area contributed by atoms with Crippen LogP contribution in [0.2, 0.25) is 0 Å². The van der Waals surface area contributed by atoms with E-state index in [1.54, 1.807) is 10.9 Å². The Morgan fingerprint density at radius 3 is 2.76 bits per heavy atom. The molecule has 9 nitrogen and oxygen atoms in total. The predicted octanol–water partition coefficient (Wildman–Crippen LogP) is 2.54. The Bertz CT molecular complexity index is 1050. The van der Waals surface area contributed by atoms with Crippen LogP contribution in [0.4, 0.5) is 13.9 Å². The van der Waals surface area contributed by atoms with Gasteiger partial charge in [-0.1, -0.05) is 5.21 Å². The number of morpholine rings is 1. The lowest BCUT2D eigenvalue weighted by Crippen LogP contribution is -2.36. The molecule has 2 aromatic heterocycles. The summed E-state index contributed by atoms with van der Waals surface area (Å²) in [6.07, 6.45) is 2.15. The van der Waals surface area contributed by atoms with Gasteiger partial charge in [0.2, 0.25) is 5.82 Å². The van der Waals surface area contributed by atoms with Crippen molar-refractivity contribution in [3.8, 4) is 17.0 Å². The van der Waals surface area contributed by atoms with Gasteiger partial charge < -0.3 is 24.8 Å². The molecular weight excluding hydrogens is 490 g/mol. The number of nitrogens with zero attached hydrogens (tertiary/aromatic N) is 5. The highest BCUT2D eigenvalue weighted by atomic mass is 35.5. The van der Waals surface area contributed by atoms with Crippen molar-refractivity contribution >= 4 is 28.9 Å². The fourth-order valence-corrected chi connectivity index (χ4v) is 4.21. The first kappa shape index (κ1) is 26.2. The smallest absolute Gasteiger partial charge is 0.201 e. The van der Waals surface area contributed by atoms with Crippen molar-refractivity contribution in [3.05, 3.63) is 41.0 Å². The van der Waals surface area contributed by atoms with Gasteiger partial charge in [0.05, 0.1) is 51.0 Å². The number of hydrogen-bond donors (Lipinski definition) is 1. The van der Waals surface area contributed by atoms with E-state index in [9.17, 15) is 8.78 Å². The Labute approximate surface area is 206 Å². The largest absolute Gasteiger partial charge is 0.489 e. The first-order valence-electron chi connectivity index (χ1n) is 10.7. The average Bonchev–Trinajstić information content (AvgIpc) is 3.50. The number of aromatic nitrogens is 4. The van der Waals surface area contributed by atoms with Crippen molar-refractivity contribution in [1.29, 1.82) is 0 Å². The molecule has 4 rings (SSSR count). The molecule has 1 aliphatic heterocycles. The minimum absolute atomic E-state index is 0. The summed E-state index contributed by atoms with van der Waals surface area (Å²) in [4.78, 5) is 6.73. The van der Waals surface area contributed by atoms with Crippen LogP contribution in [0.15, 0.2) is 23.7 Å². The van der Waals surface area contributed by atoms with Gasteiger partial charge in [-0.15, -0.1) is 28.8 Å². The number of anilines is 1. The van der Waals surface area contributed by atoms with E-state index in [0.717, 1.165) is 24.3 Å². The van der Waals surface area contributed by atoms with Crippen molar-refractivity contribution in [3.63, 3.8) is 0 Å². The maximum absolute atomic E-state index is 14.6. The number of nitrogens with two attached hydrogens (primary N) is 1. The van der Waals surface area contributed by atoms with Crippen LogP contribution in [0.25, 0.3) is 11.3 Å². The van der Waals surface area contributed by atoms with E-state index in [1.807, 2.05) is 5.38 Å². The highest BCUT2D eigenvalue weighted by Crippen LogP contribution is 2.36. The quantitative estimate of drug-likeness (QED) is 0.388. The highest BCUT2D eigenvalue weighted by Gasteiger charge is 2.21. The molecule has 186 valence electrons. The lowest BCUT2D eigenvalue weighted by Gasteiger charge is -2.26. The minimum Gasteiger partial charge on any atom is -0.489 e. The van der Waals surface area contributed by atoms with Crippen LogP contribution < -0.4 is 15.4 Å². The fraction of sp³-hybridized carbons (Fsp3) is 0.476. The Morgan fingerprint density at radius 1 is 1.15 bits per heavy atom. The summed E-state index contributed by atoms with van der Waals surface area (Å²) in [5, 5.41) is 10.7. The number of halogens is 3. The van der Waals surface area contributed by atoms with Crippen molar-refractivity contribution in [2.75, 3.05) is 57.6 Å². The summed E-state index contributed by atoms with van der Waals surface area (Å²) in [6.45, 7) is 4.86. The van der Waals surface area contributed by atoms with Gasteiger partial charge in [0, 0.05) is 43.2 Å². The third-order valence-corrected chi connectivity index (χ3v) is 5.92. The standard InChI is InChI=1S/C21H26F2N6O3S.ClH/c22-17-2-1-16(18-14-33-21(25-18)28-5-10-31-11-6-28)20(19(17)23)32-8-3-15-13-29(27-26-15)7-12-30-9-4-24;/h1-2,13-14H,3-12,24H2;1H. The monoisotopic (exact) mass is 516 g/mol. The zero-order chi connectivity index (χ0) is 23.0. The molecule has 0 radical (unpaired) electrons.